The topological polar surface area (TPSA) is 46.3 Å². The van der Waals surface area contributed by atoms with Gasteiger partial charge in [-0.15, -0.1) is 12.4 Å². The number of hydrogen-bond donors (Lipinski definition) is 1. The van der Waals surface area contributed by atoms with Gasteiger partial charge in [0.25, 0.3) is 0 Å². The first-order valence-electron chi connectivity index (χ1n) is 8.08. The summed E-state index contributed by atoms with van der Waals surface area (Å²) in [5.41, 5.74) is 6.78. The molecule has 23 heavy (non-hydrogen) atoms. The predicted molar refractivity (Wildman–Crippen MR) is 97.6 cm³/mol. The molecule has 2 aromatic rings. The minimum Gasteiger partial charge on any atom is -0.341 e. The average molecular weight is 333 g/mol. The Hall–Kier alpha value is -1.58. The summed E-state index contributed by atoms with van der Waals surface area (Å²) in [6.45, 7) is 1.11. The van der Waals surface area contributed by atoms with Crippen LogP contribution in [0.15, 0.2) is 42.5 Å². The lowest BCUT2D eigenvalue weighted by Crippen LogP contribution is -2.44. The van der Waals surface area contributed by atoms with Gasteiger partial charge < -0.3 is 10.6 Å². The van der Waals surface area contributed by atoms with E-state index in [0.29, 0.717) is 13.1 Å². The van der Waals surface area contributed by atoms with E-state index in [0.717, 1.165) is 25.7 Å². The van der Waals surface area contributed by atoms with Crippen molar-refractivity contribution in [2.24, 2.45) is 11.1 Å². The lowest BCUT2D eigenvalue weighted by Gasteiger charge is -2.31. The van der Waals surface area contributed by atoms with E-state index in [1.54, 1.807) is 0 Å². The molecule has 2 N–H and O–H groups in total. The van der Waals surface area contributed by atoms with Gasteiger partial charge in [-0.2, -0.15) is 0 Å². The molecular weight excluding hydrogens is 308 g/mol. The lowest BCUT2D eigenvalue weighted by atomic mass is 9.84. The van der Waals surface area contributed by atoms with E-state index in [2.05, 4.69) is 30.3 Å². The Morgan fingerprint density at radius 1 is 1.13 bits per heavy atom. The molecule has 2 aromatic carbocycles. The van der Waals surface area contributed by atoms with E-state index in [1.807, 2.05) is 24.1 Å². The minimum absolute atomic E-state index is 0. The number of carbonyl (C=O) groups is 1. The minimum atomic E-state index is -0.314. The molecule has 1 fully saturated rings. The fourth-order valence-electron chi connectivity index (χ4n) is 3.64. The van der Waals surface area contributed by atoms with Crippen molar-refractivity contribution in [2.75, 3.05) is 13.6 Å². The molecule has 4 heteroatoms. The lowest BCUT2D eigenvalue weighted by molar-refractivity contribution is -0.140. The Bertz CT molecular complexity index is 680. The van der Waals surface area contributed by atoms with Crippen molar-refractivity contribution < 1.29 is 4.79 Å². The molecule has 3 rings (SSSR count). The number of carbonyl (C=O) groups excluding carboxylic acids is 1. The SMILES string of the molecule is CN(Cc1ccc2ccccc2c1)C(=O)C1(CN)CCCC1.Cl. The molecule has 0 heterocycles. The van der Waals surface area contributed by atoms with Crippen LogP contribution >= 0.6 is 12.4 Å². The Labute approximate surface area is 144 Å². The fraction of sp³-hybridized carbons (Fsp3) is 0.421. The molecule has 124 valence electrons. The monoisotopic (exact) mass is 332 g/mol. The second kappa shape index (κ2) is 7.33. The maximum Gasteiger partial charge on any atom is 0.230 e. The van der Waals surface area contributed by atoms with Gasteiger partial charge in [-0.05, 0) is 35.2 Å². The molecule has 0 spiro atoms. The summed E-state index contributed by atoms with van der Waals surface area (Å²) in [4.78, 5) is 14.7. The Balaban J connectivity index is 0.00000192. The van der Waals surface area contributed by atoms with Crippen LogP contribution in [0.5, 0.6) is 0 Å². The van der Waals surface area contributed by atoms with Gasteiger partial charge in [0.15, 0.2) is 0 Å². The highest BCUT2D eigenvalue weighted by atomic mass is 35.5. The van der Waals surface area contributed by atoms with E-state index < -0.39 is 0 Å². The molecule has 0 aliphatic heterocycles. The molecule has 1 aliphatic carbocycles. The van der Waals surface area contributed by atoms with E-state index in [1.165, 1.54) is 16.3 Å². The van der Waals surface area contributed by atoms with Gasteiger partial charge in [-0.1, -0.05) is 49.2 Å². The number of amides is 1. The van der Waals surface area contributed by atoms with Crippen LogP contribution in [-0.2, 0) is 11.3 Å². The third-order valence-electron chi connectivity index (χ3n) is 4.99. The van der Waals surface area contributed by atoms with Crippen molar-refractivity contribution in [3.63, 3.8) is 0 Å². The molecule has 3 nitrogen and oxygen atoms in total. The number of halogens is 1. The van der Waals surface area contributed by atoms with E-state index in [9.17, 15) is 4.79 Å². The van der Waals surface area contributed by atoms with E-state index >= 15 is 0 Å². The van der Waals surface area contributed by atoms with Crippen molar-refractivity contribution >= 4 is 29.1 Å². The van der Waals surface area contributed by atoms with Crippen LogP contribution < -0.4 is 5.73 Å². The van der Waals surface area contributed by atoms with E-state index in [-0.39, 0.29) is 23.7 Å². The van der Waals surface area contributed by atoms with Crippen molar-refractivity contribution in [1.82, 2.24) is 4.90 Å². The fourth-order valence-corrected chi connectivity index (χ4v) is 3.64. The van der Waals surface area contributed by atoms with Gasteiger partial charge >= 0.3 is 0 Å². The molecule has 0 radical (unpaired) electrons. The number of hydrogen-bond acceptors (Lipinski definition) is 2. The molecular formula is C19H25ClN2O. The maximum atomic E-state index is 12.8. The third-order valence-corrected chi connectivity index (χ3v) is 4.99. The van der Waals surface area contributed by atoms with Crippen LogP contribution in [0.1, 0.15) is 31.2 Å². The first kappa shape index (κ1) is 17.8. The largest absolute Gasteiger partial charge is 0.341 e. The summed E-state index contributed by atoms with van der Waals surface area (Å²) in [7, 11) is 1.90. The predicted octanol–water partition coefficient (Wildman–Crippen LogP) is 3.74. The number of nitrogens with two attached hydrogens (primary N) is 1. The number of fused-ring (bicyclic) bond motifs is 1. The summed E-state index contributed by atoms with van der Waals surface area (Å²) in [5, 5.41) is 2.45. The Kier molecular flexibility index (Phi) is 5.66. The zero-order chi connectivity index (χ0) is 15.6. The molecule has 0 atom stereocenters. The number of benzene rings is 2. The summed E-state index contributed by atoms with van der Waals surface area (Å²) >= 11 is 0. The van der Waals surface area contributed by atoms with Gasteiger partial charge in [0.2, 0.25) is 5.91 Å². The van der Waals surface area contributed by atoms with Crippen LogP contribution in [0.3, 0.4) is 0 Å². The Morgan fingerprint density at radius 3 is 2.43 bits per heavy atom. The van der Waals surface area contributed by atoms with Crippen LogP contribution in [0.4, 0.5) is 0 Å². The van der Waals surface area contributed by atoms with Gasteiger partial charge in [0, 0.05) is 20.1 Å². The second-order valence-corrected chi connectivity index (χ2v) is 6.53. The molecule has 1 saturated carbocycles. The summed E-state index contributed by atoms with van der Waals surface area (Å²) in [6, 6.07) is 14.7. The summed E-state index contributed by atoms with van der Waals surface area (Å²) in [6.07, 6.45) is 4.11. The number of rotatable bonds is 4. The highest BCUT2D eigenvalue weighted by molar-refractivity contribution is 5.85. The normalized spacial score (nSPS) is 16.1. The Morgan fingerprint density at radius 2 is 1.78 bits per heavy atom. The first-order chi connectivity index (χ1) is 10.6. The molecule has 0 saturated heterocycles. The highest BCUT2D eigenvalue weighted by Crippen LogP contribution is 2.38. The summed E-state index contributed by atoms with van der Waals surface area (Å²) in [5.74, 6) is 0.209. The smallest absolute Gasteiger partial charge is 0.230 e. The van der Waals surface area contributed by atoms with Crippen LogP contribution in [0, 0.1) is 5.41 Å². The van der Waals surface area contributed by atoms with Crippen LogP contribution in [-0.4, -0.2) is 24.4 Å². The standard InChI is InChI=1S/C19H24N2O.ClH/c1-21(18(22)19(14-20)10-4-5-11-19)13-15-8-9-16-6-2-3-7-17(16)12-15;/h2-3,6-9,12H,4-5,10-11,13-14,20H2,1H3;1H. The van der Waals surface area contributed by atoms with Crippen molar-refractivity contribution in [3.05, 3.63) is 48.0 Å². The molecule has 0 unspecified atom stereocenters. The highest BCUT2D eigenvalue weighted by Gasteiger charge is 2.41. The zero-order valence-corrected chi connectivity index (χ0v) is 14.4. The second-order valence-electron chi connectivity index (χ2n) is 6.53. The molecule has 1 amide bonds. The quantitative estimate of drug-likeness (QED) is 0.927. The van der Waals surface area contributed by atoms with Crippen molar-refractivity contribution in [2.45, 2.75) is 32.2 Å². The first-order valence-corrected chi connectivity index (χ1v) is 8.08. The molecule has 1 aliphatic rings. The third kappa shape index (κ3) is 3.51. The maximum absolute atomic E-state index is 12.8. The number of nitrogens with zero attached hydrogens (tertiary/aromatic N) is 1. The van der Waals surface area contributed by atoms with Crippen molar-refractivity contribution in [1.29, 1.82) is 0 Å². The van der Waals surface area contributed by atoms with E-state index in [4.69, 9.17) is 5.73 Å². The van der Waals surface area contributed by atoms with Crippen molar-refractivity contribution in [3.8, 4) is 0 Å². The average Bonchev–Trinajstić information content (AvgIpc) is 3.04. The molecule has 0 aromatic heterocycles. The van der Waals surface area contributed by atoms with Gasteiger partial charge in [0.1, 0.15) is 0 Å². The zero-order valence-electron chi connectivity index (χ0n) is 13.6. The van der Waals surface area contributed by atoms with Gasteiger partial charge in [-0.3, -0.25) is 4.79 Å². The molecule has 0 bridgehead atoms. The van der Waals surface area contributed by atoms with Gasteiger partial charge in [0.05, 0.1) is 5.41 Å². The van der Waals surface area contributed by atoms with Gasteiger partial charge in [-0.25, -0.2) is 0 Å². The summed E-state index contributed by atoms with van der Waals surface area (Å²) < 4.78 is 0. The van der Waals surface area contributed by atoms with Crippen LogP contribution in [0.2, 0.25) is 0 Å². The van der Waals surface area contributed by atoms with Crippen LogP contribution in [0.25, 0.3) is 10.8 Å².